The number of hydrogen-bond donors (Lipinski definition) is 1. The Morgan fingerprint density at radius 2 is 1.92 bits per heavy atom. The van der Waals surface area contributed by atoms with Crippen LogP contribution < -0.4 is 0 Å². The van der Waals surface area contributed by atoms with Crippen LogP contribution in [0, 0.1) is 0 Å². The van der Waals surface area contributed by atoms with E-state index < -0.39 is 0 Å². The second-order valence-corrected chi connectivity index (χ2v) is 6.21. The van der Waals surface area contributed by atoms with Gasteiger partial charge in [-0.15, -0.1) is 0 Å². The summed E-state index contributed by atoms with van der Waals surface area (Å²) in [5.41, 5.74) is 5.47. The fraction of sp³-hybridized carbons (Fsp3) is 0.0476. The van der Waals surface area contributed by atoms with Crippen molar-refractivity contribution in [3.8, 4) is 11.6 Å². The first-order chi connectivity index (χ1) is 12.8. The number of para-hydroxylation sites is 2. The van der Waals surface area contributed by atoms with Gasteiger partial charge in [-0.25, -0.2) is 4.98 Å². The van der Waals surface area contributed by atoms with E-state index in [9.17, 15) is 0 Å². The Labute approximate surface area is 149 Å². The van der Waals surface area contributed by atoms with Crippen molar-refractivity contribution in [1.29, 1.82) is 0 Å². The number of benzene rings is 2. The zero-order valence-electron chi connectivity index (χ0n) is 14.2. The highest BCUT2D eigenvalue weighted by molar-refractivity contribution is 5.92. The molecule has 0 aliphatic rings. The average molecular weight is 340 g/mol. The van der Waals surface area contributed by atoms with Crippen LogP contribution in [0.1, 0.15) is 11.3 Å². The highest BCUT2D eigenvalue weighted by atomic mass is 16.3. The SMILES string of the molecule is Cn1cccc1-c1nc2cccc(C=Cc3n[nH]c4ccccc34)c2o1. The molecule has 0 saturated carbocycles. The number of aromatic nitrogens is 4. The molecule has 0 aliphatic heterocycles. The van der Waals surface area contributed by atoms with Gasteiger partial charge in [0.15, 0.2) is 5.58 Å². The van der Waals surface area contributed by atoms with Gasteiger partial charge in [0.1, 0.15) is 11.2 Å². The van der Waals surface area contributed by atoms with Gasteiger partial charge in [0, 0.05) is 24.2 Å². The van der Waals surface area contributed by atoms with Crippen LogP contribution in [0.2, 0.25) is 0 Å². The Morgan fingerprint density at radius 3 is 2.81 bits per heavy atom. The van der Waals surface area contributed by atoms with Crippen molar-refractivity contribution in [2.24, 2.45) is 7.05 Å². The molecule has 0 bridgehead atoms. The molecule has 5 heteroatoms. The van der Waals surface area contributed by atoms with Crippen molar-refractivity contribution in [1.82, 2.24) is 19.7 Å². The summed E-state index contributed by atoms with van der Waals surface area (Å²) >= 11 is 0. The quantitative estimate of drug-likeness (QED) is 0.509. The molecule has 26 heavy (non-hydrogen) atoms. The molecule has 126 valence electrons. The van der Waals surface area contributed by atoms with Crippen molar-refractivity contribution >= 4 is 34.2 Å². The van der Waals surface area contributed by atoms with E-state index in [0.717, 1.165) is 39.0 Å². The molecule has 5 nitrogen and oxygen atoms in total. The van der Waals surface area contributed by atoms with E-state index in [2.05, 4.69) is 21.2 Å². The summed E-state index contributed by atoms with van der Waals surface area (Å²) in [6, 6.07) is 18.0. The monoisotopic (exact) mass is 340 g/mol. The Kier molecular flexibility index (Phi) is 3.25. The third-order valence-corrected chi connectivity index (χ3v) is 4.53. The van der Waals surface area contributed by atoms with Crippen LogP contribution in [0.5, 0.6) is 0 Å². The van der Waals surface area contributed by atoms with Gasteiger partial charge in [-0.3, -0.25) is 5.10 Å². The van der Waals surface area contributed by atoms with Gasteiger partial charge in [0.25, 0.3) is 0 Å². The molecule has 1 N–H and O–H groups in total. The first kappa shape index (κ1) is 14.7. The lowest BCUT2D eigenvalue weighted by Gasteiger charge is -1.96. The Bertz CT molecular complexity index is 1260. The minimum Gasteiger partial charge on any atom is -0.434 e. The first-order valence-electron chi connectivity index (χ1n) is 8.42. The van der Waals surface area contributed by atoms with Gasteiger partial charge in [0.05, 0.1) is 11.2 Å². The number of nitrogens with zero attached hydrogens (tertiary/aromatic N) is 3. The molecule has 0 atom stereocenters. The Balaban J connectivity index is 1.59. The summed E-state index contributed by atoms with van der Waals surface area (Å²) in [5, 5.41) is 8.53. The van der Waals surface area contributed by atoms with Gasteiger partial charge in [0.2, 0.25) is 5.89 Å². The second-order valence-electron chi connectivity index (χ2n) is 6.21. The maximum Gasteiger partial charge on any atom is 0.244 e. The van der Waals surface area contributed by atoms with Crippen LogP contribution in [0.3, 0.4) is 0 Å². The second kappa shape index (κ2) is 5.74. The zero-order chi connectivity index (χ0) is 17.5. The standard InChI is InChI=1S/C21H16N4O/c1-25-13-5-10-19(25)21-22-18-9-4-6-14(20(18)26-21)11-12-17-15-7-2-3-8-16(15)23-24-17/h2-13H,1H3,(H,23,24). The highest BCUT2D eigenvalue weighted by Gasteiger charge is 2.12. The zero-order valence-corrected chi connectivity index (χ0v) is 14.2. The fourth-order valence-electron chi connectivity index (χ4n) is 3.17. The number of aromatic amines is 1. The summed E-state index contributed by atoms with van der Waals surface area (Å²) in [5.74, 6) is 0.624. The third-order valence-electron chi connectivity index (χ3n) is 4.53. The summed E-state index contributed by atoms with van der Waals surface area (Å²) in [6.45, 7) is 0. The number of oxazole rings is 1. The van der Waals surface area contributed by atoms with E-state index in [1.165, 1.54) is 0 Å². The fourth-order valence-corrected chi connectivity index (χ4v) is 3.17. The average Bonchev–Trinajstić information content (AvgIpc) is 3.37. The third kappa shape index (κ3) is 2.33. The molecule has 0 aliphatic carbocycles. The van der Waals surface area contributed by atoms with Crippen LogP contribution in [-0.2, 0) is 7.05 Å². The van der Waals surface area contributed by atoms with Crippen molar-refractivity contribution in [3.05, 3.63) is 72.1 Å². The number of H-pyrrole nitrogens is 1. The largest absolute Gasteiger partial charge is 0.434 e. The molecule has 3 aromatic heterocycles. The Hall–Kier alpha value is -3.60. The van der Waals surface area contributed by atoms with Crippen LogP contribution >= 0.6 is 0 Å². The van der Waals surface area contributed by atoms with Crippen LogP contribution in [-0.4, -0.2) is 19.7 Å². The van der Waals surface area contributed by atoms with E-state index in [1.807, 2.05) is 78.5 Å². The first-order valence-corrected chi connectivity index (χ1v) is 8.42. The number of aryl methyl sites for hydroxylation is 1. The van der Waals surface area contributed by atoms with Gasteiger partial charge < -0.3 is 8.98 Å². The van der Waals surface area contributed by atoms with Crippen molar-refractivity contribution < 1.29 is 4.42 Å². The molecule has 3 heterocycles. The van der Waals surface area contributed by atoms with Crippen molar-refractivity contribution in [2.75, 3.05) is 0 Å². The minimum absolute atomic E-state index is 0.624. The predicted octanol–water partition coefficient (Wildman–Crippen LogP) is 4.88. The molecule has 0 spiro atoms. The molecule has 5 aromatic rings. The van der Waals surface area contributed by atoms with E-state index >= 15 is 0 Å². The molecular weight excluding hydrogens is 324 g/mol. The predicted molar refractivity (Wildman–Crippen MR) is 103 cm³/mol. The van der Waals surface area contributed by atoms with Crippen molar-refractivity contribution in [2.45, 2.75) is 0 Å². The van der Waals surface area contributed by atoms with E-state index in [1.54, 1.807) is 0 Å². The van der Waals surface area contributed by atoms with Gasteiger partial charge in [-0.2, -0.15) is 5.10 Å². The van der Waals surface area contributed by atoms with Crippen LogP contribution in [0.25, 0.3) is 45.7 Å². The maximum absolute atomic E-state index is 6.07. The Morgan fingerprint density at radius 1 is 1.00 bits per heavy atom. The van der Waals surface area contributed by atoms with Crippen LogP contribution in [0.15, 0.2) is 65.2 Å². The molecule has 0 unspecified atom stereocenters. The lowest BCUT2D eigenvalue weighted by Crippen LogP contribution is -1.88. The summed E-state index contributed by atoms with van der Waals surface area (Å²) < 4.78 is 8.07. The maximum atomic E-state index is 6.07. The molecular formula is C21H16N4O. The lowest BCUT2D eigenvalue weighted by atomic mass is 10.1. The van der Waals surface area contributed by atoms with E-state index in [-0.39, 0.29) is 0 Å². The molecule has 0 saturated heterocycles. The molecule has 2 aromatic carbocycles. The van der Waals surface area contributed by atoms with E-state index in [0.29, 0.717) is 5.89 Å². The van der Waals surface area contributed by atoms with Gasteiger partial charge >= 0.3 is 0 Å². The molecule has 5 rings (SSSR count). The minimum atomic E-state index is 0.624. The summed E-state index contributed by atoms with van der Waals surface area (Å²) in [6.07, 6.45) is 6.00. The molecule has 0 radical (unpaired) electrons. The molecule has 0 fully saturated rings. The summed E-state index contributed by atoms with van der Waals surface area (Å²) in [4.78, 5) is 4.63. The lowest BCUT2D eigenvalue weighted by molar-refractivity contribution is 0.611. The normalized spacial score (nSPS) is 11.9. The number of hydrogen-bond acceptors (Lipinski definition) is 3. The van der Waals surface area contributed by atoms with Crippen LogP contribution in [0.4, 0.5) is 0 Å². The number of rotatable bonds is 3. The topological polar surface area (TPSA) is 59.6 Å². The van der Waals surface area contributed by atoms with Crippen molar-refractivity contribution in [3.63, 3.8) is 0 Å². The summed E-state index contributed by atoms with van der Waals surface area (Å²) in [7, 11) is 1.98. The highest BCUT2D eigenvalue weighted by Crippen LogP contribution is 2.28. The van der Waals surface area contributed by atoms with Gasteiger partial charge in [-0.05, 0) is 36.4 Å². The molecule has 0 amide bonds. The smallest absolute Gasteiger partial charge is 0.244 e. The van der Waals surface area contributed by atoms with E-state index in [4.69, 9.17) is 4.42 Å². The number of nitrogens with one attached hydrogen (secondary N) is 1. The van der Waals surface area contributed by atoms with Gasteiger partial charge in [-0.1, -0.05) is 30.3 Å². The number of fused-ring (bicyclic) bond motifs is 2.